The molecule has 152 valence electrons. The highest BCUT2D eigenvalue weighted by molar-refractivity contribution is 5.47. The first-order chi connectivity index (χ1) is 13.0. The SMILES string of the molecule is CC.FC(F)(F)c1ccc(C2CC2)cn1.O=CN1CCN(C2CCC2)CC1. The Balaban J connectivity index is 0.000000178. The van der Waals surface area contributed by atoms with E-state index >= 15 is 0 Å². The largest absolute Gasteiger partial charge is 0.433 e. The summed E-state index contributed by atoms with van der Waals surface area (Å²) in [5, 5.41) is 0. The summed E-state index contributed by atoms with van der Waals surface area (Å²) >= 11 is 0. The number of pyridine rings is 1. The maximum Gasteiger partial charge on any atom is 0.433 e. The van der Waals surface area contributed by atoms with Crippen molar-refractivity contribution in [1.29, 1.82) is 0 Å². The Kier molecular flexibility index (Phi) is 8.07. The Morgan fingerprint density at radius 3 is 2.04 bits per heavy atom. The van der Waals surface area contributed by atoms with E-state index in [0.29, 0.717) is 5.92 Å². The fourth-order valence-electron chi connectivity index (χ4n) is 3.19. The van der Waals surface area contributed by atoms with Gasteiger partial charge >= 0.3 is 6.18 Å². The fourth-order valence-corrected chi connectivity index (χ4v) is 3.19. The van der Waals surface area contributed by atoms with E-state index in [9.17, 15) is 18.0 Å². The summed E-state index contributed by atoms with van der Waals surface area (Å²) in [7, 11) is 0. The normalized spacial score (nSPS) is 20.6. The summed E-state index contributed by atoms with van der Waals surface area (Å²) in [6.07, 6.45) is 4.29. The summed E-state index contributed by atoms with van der Waals surface area (Å²) in [5.41, 5.74) is 0.116. The molecule has 1 amide bonds. The molecule has 1 aromatic heterocycles. The van der Waals surface area contributed by atoms with Crippen LogP contribution in [0.25, 0.3) is 0 Å². The van der Waals surface area contributed by atoms with E-state index < -0.39 is 11.9 Å². The quantitative estimate of drug-likeness (QED) is 0.727. The van der Waals surface area contributed by atoms with Gasteiger partial charge in [0.05, 0.1) is 0 Å². The molecular weight excluding hydrogens is 355 g/mol. The Hall–Kier alpha value is -1.63. The van der Waals surface area contributed by atoms with Gasteiger partial charge in [-0.3, -0.25) is 14.7 Å². The minimum Gasteiger partial charge on any atom is -0.343 e. The van der Waals surface area contributed by atoms with Crippen LogP contribution < -0.4 is 0 Å². The highest BCUT2D eigenvalue weighted by Gasteiger charge is 2.33. The van der Waals surface area contributed by atoms with Crippen LogP contribution >= 0.6 is 0 Å². The lowest BCUT2D eigenvalue weighted by molar-refractivity contribution is -0.141. The number of hydrogen-bond acceptors (Lipinski definition) is 3. The van der Waals surface area contributed by atoms with Gasteiger partial charge in [-0.05, 0) is 43.2 Å². The van der Waals surface area contributed by atoms with Gasteiger partial charge in [0.25, 0.3) is 0 Å². The van der Waals surface area contributed by atoms with Crippen LogP contribution in [0.5, 0.6) is 0 Å². The average Bonchev–Trinajstić information content (AvgIpc) is 3.48. The number of carbonyl (C=O) groups is 1. The molecule has 2 aliphatic carbocycles. The molecule has 0 bridgehead atoms. The van der Waals surface area contributed by atoms with E-state index in [-0.39, 0.29) is 0 Å². The third-order valence-electron chi connectivity index (χ3n) is 5.21. The molecule has 3 fully saturated rings. The Labute approximate surface area is 159 Å². The standard InChI is InChI=1S/C9H8F3N.C9H16N2O.C2H6/c10-9(11,12)8-4-3-7(5-13-8)6-1-2-6;12-8-10-4-6-11(7-5-10)9-2-1-3-9;1-2/h3-6H,1-2H2;8-9H,1-7H2;1-2H3. The molecule has 1 aromatic rings. The van der Waals surface area contributed by atoms with Crippen molar-refractivity contribution in [3.63, 3.8) is 0 Å². The summed E-state index contributed by atoms with van der Waals surface area (Å²) < 4.78 is 36.2. The van der Waals surface area contributed by atoms with Gasteiger partial charge in [-0.25, -0.2) is 0 Å². The number of hydrogen-bond donors (Lipinski definition) is 0. The van der Waals surface area contributed by atoms with Gasteiger partial charge in [-0.15, -0.1) is 0 Å². The van der Waals surface area contributed by atoms with Crippen molar-refractivity contribution < 1.29 is 18.0 Å². The molecule has 0 atom stereocenters. The summed E-state index contributed by atoms with van der Waals surface area (Å²) in [4.78, 5) is 18.2. The zero-order valence-electron chi connectivity index (χ0n) is 16.2. The second-order valence-corrected chi connectivity index (χ2v) is 7.01. The predicted octanol–water partition coefficient (Wildman–Crippen LogP) is 4.32. The van der Waals surface area contributed by atoms with Crippen molar-refractivity contribution >= 4 is 6.41 Å². The van der Waals surface area contributed by atoms with Gasteiger partial charge < -0.3 is 4.90 Å². The molecule has 0 unspecified atom stereocenters. The topological polar surface area (TPSA) is 36.4 Å². The number of halogens is 3. The van der Waals surface area contributed by atoms with E-state index in [1.165, 1.54) is 31.5 Å². The van der Waals surface area contributed by atoms with Crippen molar-refractivity contribution in [2.24, 2.45) is 0 Å². The lowest BCUT2D eigenvalue weighted by Gasteiger charge is -2.42. The number of amides is 1. The number of carbonyl (C=O) groups excluding carboxylic acids is 1. The molecule has 7 heteroatoms. The highest BCUT2D eigenvalue weighted by Crippen LogP contribution is 2.40. The van der Waals surface area contributed by atoms with E-state index in [4.69, 9.17) is 0 Å². The fraction of sp³-hybridized carbons (Fsp3) is 0.700. The summed E-state index contributed by atoms with van der Waals surface area (Å²) in [6, 6.07) is 3.42. The Morgan fingerprint density at radius 2 is 1.67 bits per heavy atom. The van der Waals surface area contributed by atoms with Crippen LogP contribution in [0.4, 0.5) is 13.2 Å². The molecule has 0 N–H and O–H groups in total. The maximum atomic E-state index is 12.1. The molecule has 4 nitrogen and oxygen atoms in total. The maximum absolute atomic E-state index is 12.1. The average molecular weight is 385 g/mol. The van der Waals surface area contributed by atoms with Gasteiger partial charge in [0.15, 0.2) is 0 Å². The molecule has 1 saturated heterocycles. The minimum atomic E-state index is -4.32. The van der Waals surface area contributed by atoms with Crippen LogP contribution in [0, 0.1) is 0 Å². The van der Waals surface area contributed by atoms with E-state index in [0.717, 1.165) is 63.1 Å². The zero-order chi connectivity index (χ0) is 19.9. The molecule has 0 radical (unpaired) electrons. The predicted molar refractivity (Wildman–Crippen MR) is 99.4 cm³/mol. The lowest BCUT2D eigenvalue weighted by atomic mass is 9.91. The lowest BCUT2D eigenvalue weighted by Crippen LogP contribution is -2.51. The van der Waals surface area contributed by atoms with Crippen LogP contribution in [0.3, 0.4) is 0 Å². The van der Waals surface area contributed by atoms with E-state index in [1.807, 2.05) is 18.7 Å². The van der Waals surface area contributed by atoms with Gasteiger partial charge in [-0.1, -0.05) is 26.3 Å². The van der Waals surface area contributed by atoms with Crippen molar-refractivity contribution in [1.82, 2.24) is 14.8 Å². The van der Waals surface area contributed by atoms with Gasteiger partial charge in [0.2, 0.25) is 6.41 Å². The first kappa shape index (κ1) is 21.7. The second-order valence-electron chi connectivity index (χ2n) is 7.01. The minimum absolute atomic E-state index is 0.454. The second kappa shape index (κ2) is 10.1. The van der Waals surface area contributed by atoms with Crippen molar-refractivity contribution in [3.05, 3.63) is 29.6 Å². The molecular formula is C20H30F3N3O. The van der Waals surface area contributed by atoms with Crippen LogP contribution in [0.15, 0.2) is 18.3 Å². The molecule has 1 aliphatic heterocycles. The summed E-state index contributed by atoms with van der Waals surface area (Å²) in [6.45, 7) is 8.03. The van der Waals surface area contributed by atoms with Crippen molar-refractivity contribution in [3.8, 4) is 0 Å². The summed E-state index contributed by atoms with van der Waals surface area (Å²) in [5.74, 6) is 0.454. The number of alkyl halides is 3. The van der Waals surface area contributed by atoms with Crippen molar-refractivity contribution in [2.45, 2.75) is 64.1 Å². The van der Waals surface area contributed by atoms with E-state index in [2.05, 4.69) is 9.88 Å². The van der Waals surface area contributed by atoms with Crippen LogP contribution in [-0.4, -0.2) is 53.4 Å². The third kappa shape index (κ3) is 6.48. The molecule has 3 aliphatic rings. The van der Waals surface area contributed by atoms with Crippen LogP contribution in [0.2, 0.25) is 0 Å². The third-order valence-corrected chi connectivity index (χ3v) is 5.21. The number of rotatable bonds is 3. The van der Waals surface area contributed by atoms with Gasteiger partial charge in [0.1, 0.15) is 5.69 Å². The molecule has 27 heavy (non-hydrogen) atoms. The Morgan fingerprint density at radius 1 is 1.04 bits per heavy atom. The zero-order valence-corrected chi connectivity index (χ0v) is 16.2. The van der Waals surface area contributed by atoms with Gasteiger partial charge in [-0.2, -0.15) is 13.2 Å². The van der Waals surface area contributed by atoms with Crippen molar-refractivity contribution in [2.75, 3.05) is 26.2 Å². The molecule has 2 heterocycles. The Bertz CT molecular complexity index is 561. The van der Waals surface area contributed by atoms with Gasteiger partial charge in [0, 0.05) is 38.4 Å². The number of piperazine rings is 1. The number of nitrogens with zero attached hydrogens (tertiary/aromatic N) is 3. The number of aromatic nitrogens is 1. The van der Waals surface area contributed by atoms with Crippen LogP contribution in [0.1, 0.15) is 63.1 Å². The molecule has 4 rings (SSSR count). The first-order valence-electron chi connectivity index (χ1n) is 9.94. The highest BCUT2D eigenvalue weighted by atomic mass is 19.4. The monoisotopic (exact) mass is 385 g/mol. The molecule has 0 aromatic carbocycles. The molecule has 0 spiro atoms. The van der Waals surface area contributed by atoms with Crippen LogP contribution in [-0.2, 0) is 11.0 Å². The van der Waals surface area contributed by atoms with E-state index in [1.54, 1.807) is 0 Å². The first-order valence-corrected chi connectivity index (χ1v) is 9.94. The smallest absolute Gasteiger partial charge is 0.343 e. The molecule has 2 saturated carbocycles.